The molecule has 144 valence electrons. The van der Waals surface area contributed by atoms with Crippen molar-refractivity contribution in [3.8, 4) is 11.4 Å². The first-order chi connectivity index (χ1) is 13.8. The van der Waals surface area contributed by atoms with Crippen LogP contribution in [0.2, 0.25) is 0 Å². The number of carbonyl (C=O) groups excluding carboxylic acids is 1. The monoisotopic (exact) mass is 392 g/mol. The van der Waals surface area contributed by atoms with Crippen LogP contribution >= 0.6 is 11.8 Å². The molecule has 0 aliphatic heterocycles. The molecule has 0 atom stereocenters. The Labute approximate surface area is 169 Å². The van der Waals surface area contributed by atoms with Crippen LogP contribution < -0.4 is 5.32 Å². The van der Waals surface area contributed by atoms with Gasteiger partial charge in [-0.15, -0.1) is 11.8 Å². The average molecular weight is 393 g/mol. The SMILES string of the molecule is O=C(CCSc1ccccc1)NCCn1nc(-c2ccccn2)cc1C1CC1. The molecule has 2 heterocycles. The molecule has 0 bridgehead atoms. The molecule has 6 heteroatoms. The predicted octanol–water partition coefficient (Wildman–Crippen LogP) is 4.12. The summed E-state index contributed by atoms with van der Waals surface area (Å²) in [5.41, 5.74) is 3.06. The number of rotatable bonds is 9. The van der Waals surface area contributed by atoms with Crippen molar-refractivity contribution in [3.05, 3.63) is 66.5 Å². The van der Waals surface area contributed by atoms with Crippen LogP contribution in [0.5, 0.6) is 0 Å². The van der Waals surface area contributed by atoms with E-state index in [0.717, 1.165) is 17.1 Å². The van der Waals surface area contributed by atoms with Crippen LogP contribution in [0.3, 0.4) is 0 Å². The van der Waals surface area contributed by atoms with Crippen molar-refractivity contribution in [2.45, 2.75) is 36.6 Å². The molecule has 0 spiro atoms. The summed E-state index contributed by atoms with van der Waals surface area (Å²) in [5.74, 6) is 1.48. The van der Waals surface area contributed by atoms with Gasteiger partial charge in [-0.05, 0) is 43.2 Å². The normalized spacial score (nSPS) is 13.4. The van der Waals surface area contributed by atoms with Gasteiger partial charge in [0.1, 0.15) is 5.69 Å². The molecule has 2 aromatic heterocycles. The Hall–Kier alpha value is -2.60. The maximum Gasteiger partial charge on any atom is 0.220 e. The molecule has 4 rings (SSSR count). The zero-order valence-electron chi connectivity index (χ0n) is 15.8. The van der Waals surface area contributed by atoms with Crippen molar-refractivity contribution in [1.29, 1.82) is 0 Å². The molecule has 1 aliphatic carbocycles. The van der Waals surface area contributed by atoms with Crippen LogP contribution in [0.15, 0.2) is 65.7 Å². The standard InChI is InChI=1S/C22H24N4OS/c27-22(11-15-28-18-6-2-1-3-7-18)24-13-14-26-21(17-9-10-17)16-20(25-26)19-8-4-5-12-23-19/h1-8,12,16-17H,9-11,13-15H2,(H,24,27). The van der Waals surface area contributed by atoms with Gasteiger partial charge in [0.2, 0.25) is 5.91 Å². The summed E-state index contributed by atoms with van der Waals surface area (Å²) >= 11 is 1.71. The molecule has 1 amide bonds. The van der Waals surface area contributed by atoms with Gasteiger partial charge in [-0.2, -0.15) is 5.10 Å². The molecule has 0 radical (unpaired) electrons. The van der Waals surface area contributed by atoms with Crippen LogP contribution in [-0.2, 0) is 11.3 Å². The zero-order valence-corrected chi connectivity index (χ0v) is 16.6. The second-order valence-corrected chi connectivity index (χ2v) is 8.10. The number of benzene rings is 1. The largest absolute Gasteiger partial charge is 0.354 e. The van der Waals surface area contributed by atoms with Crippen LogP contribution in [0.1, 0.15) is 30.9 Å². The van der Waals surface area contributed by atoms with Gasteiger partial charge in [0.25, 0.3) is 0 Å². The summed E-state index contributed by atoms with van der Waals surface area (Å²) < 4.78 is 2.04. The van der Waals surface area contributed by atoms with E-state index in [-0.39, 0.29) is 5.91 Å². The lowest BCUT2D eigenvalue weighted by Crippen LogP contribution is -2.28. The minimum Gasteiger partial charge on any atom is -0.354 e. The van der Waals surface area contributed by atoms with E-state index in [1.54, 1.807) is 18.0 Å². The van der Waals surface area contributed by atoms with E-state index in [0.29, 0.717) is 25.4 Å². The van der Waals surface area contributed by atoms with E-state index >= 15 is 0 Å². The predicted molar refractivity (Wildman–Crippen MR) is 112 cm³/mol. The lowest BCUT2D eigenvalue weighted by atomic mass is 10.2. The second-order valence-electron chi connectivity index (χ2n) is 6.93. The number of amides is 1. The summed E-state index contributed by atoms with van der Waals surface area (Å²) in [5, 5.41) is 7.76. The number of carbonyl (C=O) groups is 1. The van der Waals surface area contributed by atoms with Crippen molar-refractivity contribution in [2.75, 3.05) is 12.3 Å². The average Bonchev–Trinajstić information content (AvgIpc) is 3.49. The fourth-order valence-electron chi connectivity index (χ4n) is 3.13. The first-order valence-corrected chi connectivity index (χ1v) is 10.7. The minimum absolute atomic E-state index is 0.0912. The van der Waals surface area contributed by atoms with E-state index in [1.165, 1.54) is 23.4 Å². The van der Waals surface area contributed by atoms with Gasteiger partial charge in [-0.1, -0.05) is 24.3 Å². The highest BCUT2D eigenvalue weighted by atomic mass is 32.2. The van der Waals surface area contributed by atoms with Crippen molar-refractivity contribution in [1.82, 2.24) is 20.1 Å². The minimum atomic E-state index is 0.0912. The van der Waals surface area contributed by atoms with Crippen molar-refractivity contribution < 1.29 is 4.79 Å². The maximum atomic E-state index is 12.1. The Bertz CT molecular complexity index is 907. The molecule has 1 fully saturated rings. The number of hydrogen-bond acceptors (Lipinski definition) is 4. The number of nitrogens with zero attached hydrogens (tertiary/aromatic N) is 3. The number of hydrogen-bond donors (Lipinski definition) is 1. The van der Waals surface area contributed by atoms with Crippen LogP contribution in [0, 0.1) is 0 Å². The quantitative estimate of drug-likeness (QED) is 0.557. The van der Waals surface area contributed by atoms with Crippen LogP contribution in [0.4, 0.5) is 0 Å². The van der Waals surface area contributed by atoms with Crippen molar-refractivity contribution in [3.63, 3.8) is 0 Å². The molecule has 1 aromatic carbocycles. The molecule has 1 saturated carbocycles. The van der Waals surface area contributed by atoms with Gasteiger partial charge in [0.15, 0.2) is 0 Å². The zero-order chi connectivity index (χ0) is 19.2. The lowest BCUT2D eigenvalue weighted by Gasteiger charge is -2.08. The fourth-order valence-corrected chi connectivity index (χ4v) is 4.00. The molecule has 0 unspecified atom stereocenters. The van der Waals surface area contributed by atoms with Crippen molar-refractivity contribution >= 4 is 17.7 Å². The van der Waals surface area contributed by atoms with Gasteiger partial charge < -0.3 is 5.32 Å². The third-order valence-corrected chi connectivity index (χ3v) is 5.73. The Morgan fingerprint density at radius 2 is 1.93 bits per heavy atom. The smallest absolute Gasteiger partial charge is 0.220 e. The summed E-state index contributed by atoms with van der Waals surface area (Å²) in [6.45, 7) is 1.29. The van der Waals surface area contributed by atoms with Gasteiger partial charge in [-0.3, -0.25) is 14.5 Å². The van der Waals surface area contributed by atoms with Gasteiger partial charge >= 0.3 is 0 Å². The number of aromatic nitrogens is 3. The van der Waals surface area contributed by atoms with Crippen molar-refractivity contribution in [2.24, 2.45) is 0 Å². The van der Waals surface area contributed by atoms with Gasteiger partial charge in [0, 0.05) is 41.4 Å². The van der Waals surface area contributed by atoms with Crippen LogP contribution in [0.25, 0.3) is 11.4 Å². The molecule has 1 N–H and O–H groups in total. The maximum absolute atomic E-state index is 12.1. The summed E-state index contributed by atoms with van der Waals surface area (Å²) in [4.78, 5) is 17.7. The van der Waals surface area contributed by atoms with Gasteiger partial charge in [-0.25, -0.2) is 0 Å². The molecule has 3 aromatic rings. The third kappa shape index (κ3) is 5.01. The molecule has 28 heavy (non-hydrogen) atoms. The Balaban J connectivity index is 1.27. The van der Waals surface area contributed by atoms with Gasteiger partial charge in [0.05, 0.1) is 12.2 Å². The highest BCUT2D eigenvalue weighted by Crippen LogP contribution is 2.41. The molecule has 0 saturated heterocycles. The lowest BCUT2D eigenvalue weighted by molar-refractivity contribution is -0.120. The molecule has 5 nitrogen and oxygen atoms in total. The second kappa shape index (κ2) is 9.06. The number of nitrogens with one attached hydrogen (secondary N) is 1. The molecule has 1 aliphatic rings. The van der Waals surface area contributed by atoms with Crippen LogP contribution in [-0.4, -0.2) is 33.0 Å². The van der Waals surface area contributed by atoms with E-state index in [1.807, 2.05) is 41.1 Å². The Morgan fingerprint density at radius 3 is 2.68 bits per heavy atom. The number of pyridine rings is 1. The highest BCUT2D eigenvalue weighted by Gasteiger charge is 2.28. The number of thioether (sulfide) groups is 1. The van der Waals surface area contributed by atoms with E-state index in [4.69, 9.17) is 5.10 Å². The molecular formula is C22H24N4OS. The first-order valence-electron chi connectivity index (χ1n) is 9.73. The highest BCUT2D eigenvalue weighted by molar-refractivity contribution is 7.99. The Kier molecular flexibility index (Phi) is 6.07. The third-order valence-electron chi connectivity index (χ3n) is 4.72. The summed E-state index contributed by atoms with van der Waals surface area (Å²) in [7, 11) is 0. The fraction of sp³-hybridized carbons (Fsp3) is 0.318. The van der Waals surface area contributed by atoms with E-state index < -0.39 is 0 Å². The topological polar surface area (TPSA) is 59.8 Å². The molecular weight excluding hydrogens is 368 g/mol. The Morgan fingerprint density at radius 1 is 1.11 bits per heavy atom. The summed E-state index contributed by atoms with van der Waals surface area (Å²) in [6.07, 6.45) is 4.75. The summed E-state index contributed by atoms with van der Waals surface area (Å²) in [6, 6.07) is 18.2. The van der Waals surface area contributed by atoms with E-state index in [2.05, 4.69) is 28.5 Å². The van der Waals surface area contributed by atoms with E-state index in [9.17, 15) is 4.79 Å². The first kappa shape index (κ1) is 18.7.